The van der Waals surface area contributed by atoms with E-state index in [4.69, 9.17) is 16.3 Å². The lowest BCUT2D eigenvalue weighted by Gasteiger charge is -2.41. The molecule has 0 radical (unpaired) electrons. The number of carbonyl (C=O) groups excluding carboxylic acids is 1. The second-order valence-electron chi connectivity index (χ2n) is 11.9. The Morgan fingerprint density at radius 3 is 2.09 bits per heavy atom. The van der Waals surface area contributed by atoms with Gasteiger partial charge in [-0.2, -0.15) is 0 Å². The highest BCUT2D eigenvalue weighted by molar-refractivity contribution is 9.10. The molecule has 9 nitrogen and oxygen atoms in total. The second kappa shape index (κ2) is 13.4. The first-order valence-electron chi connectivity index (χ1n) is 14.5. The highest BCUT2D eigenvalue weighted by atomic mass is 79.9. The van der Waals surface area contributed by atoms with Crippen LogP contribution in [0.25, 0.3) is 27.9 Å². The Morgan fingerprint density at radius 2 is 1.49 bits per heavy atom. The molecule has 0 saturated carbocycles. The van der Waals surface area contributed by atoms with Gasteiger partial charge in [0.15, 0.2) is 0 Å². The van der Waals surface area contributed by atoms with E-state index in [-0.39, 0.29) is 22.6 Å². The van der Waals surface area contributed by atoms with Gasteiger partial charge >= 0.3 is 6.09 Å². The van der Waals surface area contributed by atoms with Crippen molar-refractivity contribution in [1.82, 2.24) is 24.8 Å². The fraction of sp³-hybridized carbons (Fsp3) is 0.265. The van der Waals surface area contributed by atoms with Crippen molar-refractivity contribution < 1.29 is 9.53 Å². The molecular weight excluding hydrogens is 658 g/mol. The number of rotatable bonds is 3. The van der Waals surface area contributed by atoms with Crippen LogP contribution in [-0.2, 0) is 10.2 Å². The summed E-state index contributed by atoms with van der Waals surface area (Å²) < 4.78 is 6.49. The van der Waals surface area contributed by atoms with Gasteiger partial charge in [0.05, 0.1) is 34.5 Å². The lowest BCUT2D eigenvalue weighted by Crippen LogP contribution is -2.46. The highest BCUT2D eigenvalue weighted by Gasteiger charge is 2.36. The maximum atomic E-state index is 12.6. The van der Waals surface area contributed by atoms with Crippen molar-refractivity contribution in [2.75, 3.05) is 13.1 Å². The van der Waals surface area contributed by atoms with Gasteiger partial charge in [-0.15, -0.1) is 0 Å². The first kappa shape index (κ1) is 32.1. The van der Waals surface area contributed by atoms with E-state index in [0.29, 0.717) is 39.9 Å². The number of hydrogen-bond donors (Lipinski definition) is 2. The summed E-state index contributed by atoms with van der Waals surface area (Å²) in [6.07, 6.45) is 8.33. The summed E-state index contributed by atoms with van der Waals surface area (Å²) in [5.74, 6) is 0. The molecule has 0 spiro atoms. The molecule has 2 aromatic heterocycles. The van der Waals surface area contributed by atoms with Crippen LogP contribution in [-0.4, -0.2) is 49.6 Å². The van der Waals surface area contributed by atoms with Gasteiger partial charge in [-0.05, 0) is 87.2 Å². The maximum absolute atomic E-state index is 12.6. The number of halogens is 2. The lowest BCUT2D eigenvalue weighted by molar-refractivity contribution is 0.0183. The number of allylic oxidation sites excluding steroid dienone is 1. The number of hydrogen-bond acceptors (Lipinski definition) is 6. The van der Waals surface area contributed by atoms with Crippen LogP contribution in [0.3, 0.4) is 0 Å². The van der Waals surface area contributed by atoms with Crippen molar-refractivity contribution >= 4 is 61.5 Å². The van der Waals surface area contributed by atoms with Gasteiger partial charge in [0.25, 0.3) is 11.1 Å². The van der Waals surface area contributed by atoms with Crippen LogP contribution in [0.5, 0.6) is 0 Å². The van der Waals surface area contributed by atoms with Gasteiger partial charge in [0, 0.05) is 28.0 Å². The number of carbonyl (C=O) groups is 1. The quantitative estimate of drug-likeness (QED) is 0.206. The van der Waals surface area contributed by atoms with E-state index in [1.54, 1.807) is 17.0 Å². The van der Waals surface area contributed by atoms with Crippen molar-refractivity contribution in [3.05, 3.63) is 121 Å². The molecule has 3 aromatic carbocycles. The number of fused-ring (bicyclic) bond motifs is 2. The number of benzene rings is 3. The zero-order chi connectivity index (χ0) is 32.2. The predicted molar refractivity (Wildman–Crippen MR) is 182 cm³/mol. The van der Waals surface area contributed by atoms with Crippen LogP contribution in [0.4, 0.5) is 4.79 Å². The average molecular weight is 691 g/mol. The van der Waals surface area contributed by atoms with Crippen LogP contribution in [0.1, 0.15) is 44.7 Å². The van der Waals surface area contributed by atoms with Crippen LogP contribution in [0.15, 0.2) is 93.5 Å². The van der Waals surface area contributed by atoms with E-state index < -0.39 is 5.60 Å². The van der Waals surface area contributed by atoms with E-state index in [1.807, 2.05) is 57.2 Å². The molecule has 45 heavy (non-hydrogen) atoms. The molecule has 232 valence electrons. The average Bonchev–Trinajstić information content (AvgIpc) is 3.00. The van der Waals surface area contributed by atoms with Crippen LogP contribution >= 0.6 is 27.5 Å². The van der Waals surface area contributed by atoms with Crippen LogP contribution in [0.2, 0.25) is 5.02 Å². The molecule has 11 heteroatoms. The number of H-pyrrole nitrogens is 2. The van der Waals surface area contributed by atoms with Crippen LogP contribution in [0, 0.1) is 0 Å². The highest BCUT2D eigenvalue weighted by Crippen LogP contribution is 2.38. The molecule has 0 atom stereocenters. The van der Waals surface area contributed by atoms with Crippen molar-refractivity contribution in [1.29, 1.82) is 0 Å². The van der Waals surface area contributed by atoms with Crippen molar-refractivity contribution in [2.45, 2.75) is 44.6 Å². The van der Waals surface area contributed by atoms with E-state index in [1.165, 1.54) is 12.7 Å². The Balaban J connectivity index is 0.000000277. The summed E-state index contributed by atoms with van der Waals surface area (Å²) in [4.78, 5) is 50.9. The van der Waals surface area contributed by atoms with Crippen molar-refractivity contribution in [3.8, 4) is 0 Å². The SMILES string of the molecule is CC(C)(C)OC(=O)N1CCC(/C=C/c2ccc3c(=O)[nH]cnc3c2)(c2ccc(Cl)cc2)CC1.O=c1[nH]cnc2cc(Br)ccc12. The molecule has 2 N–H and O–H groups in total. The molecule has 3 heterocycles. The summed E-state index contributed by atoms with van der Waals surface area (Å²) >= 11 is 9.45. The Labute approximate surface area is 273 Å². The van der Waals surface area contributed by atoms with Gasteiger partial charge in [-0.25, -0.2) is 14.8 Å². The molecule has 1 saturated heterocycles. The number of nitrogens with zero attached hydrogens (tertiary/aromatic N) is 3. The topological polar surface area (TPSA) is 121 Å². The summed E-state index contributed by atoms with van der Waals surface area (Å²) in [7, 11) is 0. The minimum absolute atomic E-state index is 0.104. The normalized spacial score (nSPS) is 14.7. The molecule has 5 aromatic rings. The maximum Gasteiger partial charge on any atom is 0.410 e. The van der Waals surface area contributed by atoms with Gasteiger partial charge in [-0.3, -0.25) is 9.59 Å². The number of aromatic amines is 2. The fourth-order valence-electron chi connectivity index (χ4n) is 5.24. The third-order valence-corrected chi connectivity index (χ3v) is 8.34. The zero-order valence-corrected chi connectivity index (χ0v) is 27.5. The molecule has 1 amide bonds. The Morgan fingerprint density at radius 1 is 0.911 bits per heavy atom. The summed E-state index contributed by atoms with van der Waals surface area (Å²) in [5, 5.41) is 1.86. The van der Waals surface area contributed by atoms with E-state index >= 15 is 0 Å². The molecule has 0 bridgehead atoms. The minimum atomic E-state index is -0.520. The third kappa shape index (κ3) is 7.87. The van der Waals surface area contributed by atoms with Crippen LogP contribution < -0.4 is 11.1 Å². The number of likely N-dealkylation sites (tertiary alicyclic amines) is 1. The Bertz CT molecular complexity index is 1970. The fourth-order valence-corrected chi connectivity index (χ4v) is 5.71. The predicted octanol–water partition coefficient (Wildman–Crippen LogP) is 7.24. The third-order valence-electron chi connectivity index (χ3n) is 7.59. The van der Waals surface area contributed by atoms with Crippen molar-refractivity contribution in [3.63, 3.8) is 0 Å². The lowest BCUT2D eigenvalue weighted by atomic mass is 9.72. The molecule has 0 aliphatic carbocycles. The number of aromatic nitrogens is 4. The molecule has 1 aliphatic heterocycles. The first-order valence-corrected chi connectivity index (χ1v) is 15.6. The van der Waals surface area contributed by atoms with E-state index in [0.717, 1.165) is 28.4 Å². The second-order valence-corrected chi connectivity index (χ2v) is 13.2. The molecular formula is C34H33BrClN5O4. The molecule has 6 rings (SSSR count). The van der Waals surface area contributed by atoms with Gasteiger partial charge in [0.2, 0.25) is 0 Å². The number of ether oxygens (including phenoxy) is 1. The summed E-state index contributed by atoms with van der Waals surface area (Å²) in [5.41, 5.74) is 2.45. The number of nitrogens with one attached hydrogen (secondary N) is 2. The molecule has 1 aliphatic rings. The zero-order valence-electron chi connectivity index (χ0n) is 25.1. The molecule has 1 fully saturated rings. The van der Waals surface area contributed by atoms with Gasteiger partial charge in [-0.1, -0.05) is 57.9 Å². The summed E-state index contributed by atoms with van der Waals surface area (Å²) in [6.45, 7) is 6.82. The molecule has 0 unspecified atom stereocenters. The standard InChI is InChI=1S/C26H28ClN3O3.C8H5BrN2O/c1-25(2,3)33-24(32)30-14-12-26(13-15-30,19-5-7-20(27)8-6-19)11-10-18-4-9-21-22(16-18)28-17-29-23(21)31;9-5-1-2-6-7(3-5)10-4-11-8(6)12/h4-11,16-17H,12-15H2,1-3H3,(H,28,29,31);1-4H,(H,10,11,12)/b11-10+;. The number of piperidine rings is 1. The monoisotopic (exact) mass is 689 g/mol. The Kier molecular flexibility index (Phi) is 9.55. The minimum Gasteiger partial charge on any atom is -0.444 e. The van der Waals surface area contributed by atoms with Gasteiger partial charge in [0.1, 0.15) is 5.60 Å². The Hall–Kier alpha value is -4.28. The van der Waals surface area contributed by atoms with E-state index in [2.05, 4.69) is 60.2 Å². The summed E-state index contributed by atoms with van der Waals surface area (Å²) in [6, 6.07) is 18.9. The van der Waals surface area contributed by atoms with Gasteiger partial charge < -0.3 is 19.6 Å². The smallest absolute Gasteiger partial charge is 0.410 e. The number of amides is 1. The first-order chi connectivity index (χ1) is 21.4. The van der Waals surface area contributed by atoms with E-state index in [9.17, 15) is 14.4 Å². The largest absolute Gasteiger partial charge is 0.444 e. The van der Waals surface area contributed by atoms with Crippen molar-refractivity contribution in [2.24, 2.45) is 0 Å².